The van der Waals surface area contributed by atoms with Crippen LogP contribution in [0.1, 0.15) is 25.0 Å². The number of amides is 1. The molecule has 1 heterocycles. The van der Waals surface area contributed by atoms with Gasteiger partial charge in [-0.3, -0.25) is 4.79 Å². The Morgan fingerprint density at radius 2 is 2.13 bits per heavy atom. The summed E-state index contributed by atoms with van der Waals surface area (Å²) in [5.41, 5.74) is 7.74. The maximum atomic E-state index is 11.7. The lowest BCUT2D eigenvalue weighted by Gasteiger charge is -2.15. The Bertz CT molecular complexity index is 440. The Labute approximate surface area is 93.6 Å². The molecule has 0 aromatic heterocycles. The zero-order chi connectivity index (χ0) is 11.2. The number of benzene rings is 1. The lowest BCUT2D eigenvalue weighted by Crippen LogP contribution is -2.26. The highest BCUT2D eigenvalue weighted by Gasteiger charge is 2.39. The van der Waals surface area contributed by atoms with E-state index in [9.17, 15) is 4.79 Å². The van der Waals surface area contributed by atoms with Crippen LogP contribution in [0, 0.1) is 0 Å². The van der Waals surface area contributed by atoms with Gasteiger partial charge in [-0.1, -0.05) is 11.6 Å². The number of halogens is 1. The zero-order valence-corrected chi connectivity index (χ0v) is 9.48. The molecule has 1 aliphatic heterocycles. The molecule has 0 atom stereocenters. The van der Waals surface area contributed by atoms with Gasteiger partial charge in [0.25, 0.3) is 0 Å². The van der Waals surface area contributed by atoms with E-state index in [0.717, 1.165) is 16.8 Å². The minimum absolute atomic E-state index is 0.00512. The number of hydrogen-bond donors (Lipinski definition) is 2. The van der Waals surface area contributed by atoms with Gasteiger partial charge in [0, 0.05) is 17.3 Å². The summed E-state index contributed by atoms with van der Waals surface area (Å²) in [6, 6.07) is 3.62. The van der Waals surface area contributed by atoms with E-state index >= 15 is 0 Å². The summed E-state index contributed by atoms with van der Waals surface area (Å²) in [5, 5.41) is 3.48. The largest absolute Gasteiger partial charge is 0.326 e. The van der Waals surface area contributed by atoms with Crippen molar-refractivity contribution < 1.29 is 4.79 Å². The van der Waals surface area contributed by atoms with Crippen molar-refractivity contribution in [2.24, 2.45) is 5.73 Å². The predicted octanol–water partition coefficient (Wildman–Crippen LogP) is 2.03. The third kappa shape index (κ3) is 1.43. The summed E-state index contributed by atoms with van der Waals surface area (Å²) in [5.74, 6) is -0.00512. The number of nitrogens with two attached hydrogens (primary N) is 1. The van der Waals surface area contributed by atoms with E-state index in [-0.39, 0.29) is 5.91 Å². The minimum Gasteiger partial charge on any atom is -0.326 e. The summed E-state index contributed by atoms with van der Waals surface area (Å²) in [4.78, 5) is 11.7. The van der Waals surface area contributed by atoms with Crippen molar-refractivity contribution in [3.63, 3.8) is 0 Å². The fraction of sp³-hybridized carbons (Fsp3) is 0.364. The molecule has 0 radical (unpaired) electrons. The Morgan fingerprint density at radius 3 is 2.73 bits per heavy atom. The molecule has 3 nitrogen and oxygen atoms in total. The fourth-order valence-corrected chi connectivity index (χ4v) is 2.10. The normalized spacial score (nSPS) is 17.5. The van der Waals surface area contributed by atoms with Gasteiger partial charge >= 0.3 is 0 Å². The van der Waals surface area contributed by atoms with Gasteiger partial charge in [0.15, 0.2) is 0 Å². The molecule has 1 aromatic rings. The number of anilines is 1. The van der Waals surface area contributed by atoms with E-state index in [2.05, 4.69) is 5.32 Å². The molecular weight excluding hydrogens is 212 g/mol. The predicted molar refractivity (Wildman–Crippen MR) is 61.0 cm³/mol. The standard InChI is InChI=1S/C11H13ClN2O/c1-11(2)8-4-7(12)3-6(5-13)9(8)14-10(11)15/h3-4H,5,13H2,1-2H3,(H,14,15). The first-order valence-electron chi connectivity index (χ1n) is 4.81. The van der Waals surface area contributed by atoms with Gasteiger partial charge in [0.2, 0.25) is 5.91 Å². The number of rotatable bonds is 1. The second-order valence-corrected chi connectivity index (χ2v) is 4.71. The molecule has 1 amide bonds. The summed E-state index contributed by atoms with van der Waals surface area (Å²) in [6.07, 6.45) is 0. The maximum absolute atomic E-state index is 11.7. The molecule has 0 saturated carbocycles. The first kappa shape index (κ1) is 10.5. The zero-order valence-electron chi connectivity index (χ0n) is 8.73. The van der Waals surface area contributed by atoms with Crippen molar-refractivity contribution in [2.75, 3.05) is 5.32 Å². The van der Waals surface area contributed by atoms with Crippen LogP contribution < -0.4 is 11.1 Å². The molecule has 3 N–H and O–H groups in total. The fourth-order valence-electron chi connectivity index (χ4n) is 1.86. The van der Waals surface area contributed by atoms with E-state index in [4.69, 9.17) is 17.3 Å². The molecule has 1 aromatic carbocycles. The number of hydrogen-bond acceptors (Lipinski definition) is 2. The van der Waals surface area contributed by atoms with E-state index in [1.807, 2.05) is 19.9 Å². The van der Waals surface area contributed by atoms with Gasteiger partial charge in [-0.25, -0.2) is 0 Å². The second-order valence-electron chi connectivity index (χ2n) is 4.27. The van der Waals surface area contributed by atoms with E-state index in [1.165, 1.54) is 0 Å². The molecule has 80 valence electrons. The van der Waals surface area contributed by atoms with Crippen LogP contribution in [-0.2, 0) is 16.8 Å². The molecule has 1 aliphatic rings. The van der Waals surface area contributed by atoms with Crippen LogP contribution in [0.3, 0.4) is 0 Å². The van der Waals surface area contributed by atoms with Crippen molar-refractivity contribution in [3.8, 4) is 0 Å². The minimum atomic E-state index is -0.524. The third-order valence-electron chi connectivity index (χ3n) is 2.88. The van der Waals surface area contributed by atoms with Crippen LogP contribution in [0.5, 0.6) is 0 Å². The summed E-state index contributed by atoms with van der Waals surface area (Å²) in [7, 11) is 0. The third-order valence-corrected chi connectivity index (χ3v) is 3.10. The Kier molecular flexibility index (Phi) is 2.24. The summed E-state index contributed by atoms with van der Waals surface area (Å²) in [6.45, 7) is 4.13. The van der Waals surface area contributed by atoms with E-state index < -0.39 is 5.41 Å². The molecule has 0 bridgehead atoms. The van der Waals surface area contributed by atoms with Crippen molar-refractivity contribution >= 4 is 23.2 Å². The topological polar surface area (TPSA) is 55.1 Å². The number of carbonyl (C=O) groups excluding carboxylic acids is 1. The van der Waals surface area contributed by atoms with Crippen LogP contribution in [0.15, 0.2) is 12.1 Å². The smallest absolute Gasteiger partial charge is 0.234 e. The molecule has 15 heavy (non-hydrogen) atoms. The molecule has 0 saturated heterocycles. The Morgan fingerprint density at radius 1 is 1.47 bits per heavy atom. The molecule has 4 heteroatoms. The van der Waals surface area contributed by atoms with Gasteiger partial charge in [-0.05, 0) is 37.1 Å². The first-order valence-corrected chi connectivity index (χ1v) is 5.19. The average Bonchev–Trinajstić information content (AvgIpc) is 2.39. The van der Waals surface area contributed by atoms with E-state index in [1.54, 1.807) is 6.07 Å². The van der Waals surface area contributed by atoms with Gasteiger partial charge in [0.1, 0.15) is 0 Å². The van der Waals surface area contributed by atoms with Gasteiger partial charge < -0.3 is 11.1 Å². The molecule has 0 fully saturated rings. The van der Waals surface area contributed by atoms with Gasteiger partial charge in [-0.15, -0.1) is 0 Å². The highest BCUT2D eigenvalue weighted by molar-refractivity contribution is 6.31. The molecule has 0 aliphatic carbocycles. The van der Waals surface area contributed by atoms with Crippen molar-refractivity contribution in [3.05, 3.63) is 28.3 Å². The van der Waals surface area contributed by atoms with Crippen molar-refractivity contribution in [1.29, 1.82) is 0 Å². The van der Waals surface area contributed by atoms with Gasteiger partial charge in [0.05, 0.1) is 5.41 Å². The van der Waals surface area contributed by atoms with Crippen molar-refractivity contribution in [1.82, 2.24) is 0 Å². The number of carbonyl (C=O) groups is 1. The SMILES string of the molecule is CC1(C)C(=O)Nc2c(CN)cc(Cl)cc21. The van der Waals surface area contributed by atoms with Gasteiger partial charge in [-0.2, -0.15) is 0 Å². The van der Waals surface area contributed by atoms with Crippen molar-refractivity contribution in [2.45, 2.75) is 25.8 Å². The molecular formula is C11H13ClN2O. The maximum Gasteiger partial charge on any atom is 0.234 e. The summed E-state index contributed by atoms with van der Waals surface area (Å²) < 4.78 is 0. The lowest BCUT2D eigenvalue weighted by molar-refractivity contribution is -0.119. The first-order chi connectivity index (χ1) is 6.96. The average molecular weight is 225 g/mol. The molecule has 0 spiro atoms. The van der Waals surface area contributed by atoms with Crippen LogP contribution >= 0.6 is 11.6 Å². The summed E-state index contributed by atoms with van der Waals surface area (Å²) >= 11 is 5.99. The monoisotopic (exact) mass is 224 g/mol. The number of fused-ring (bicyclic) bond motifs is 1. The van der Waals surface area contributed by atoms with Crippen LogP contribution in [-0.4, -0.2) is 5.91 Å². The lowest BCUT2D eigenvalue weighted by atomic mass is 9.85. The quantitative estimate of drug-likeness (QED) is 0.767. The highest BCUT2D eigenvalue weighted by atomic mass is 35.5. The molecule has 0 unspecified atom stereocenters. The van der Waals surface area contributed by atoms with E-state index in [0.29, 0.717) is 11.6 Å². The van der Waals surface area contributed by atoms with Crippen LogP contribution in [0.25, 0.3) is 0 Å². The number of nitrogens with one attached hydrogen (secondary N) is 1. The van der Waals surface area contributed by atoms with Crippen LogP contribution in [0.4, 0.5) is 5.69 Å². The van der Waals surface area contributed by atoms with Crippen LogP contribution in [0.2, 0.25) is 5.02 Å². The molecule has 2 rings (SSSR count). The Balaban J connectivity index is 2.68. The Hall–Kier alpha value is -1.06. The highest BCUT2D eigenvalue weighted by Crippen LogP contribution is 2.40. The second kappa shape index (κ2) is 3.22.